The van der Waals surface area contributed by atoms with Crippen molar-refractivity contribution < 1.29 is 0 Å². The summed E-state index contributed by atoms with van der Waals surface area (Å²) in [6.45, 7) is 5.26. The number of hydrogen-bond donors (Lipinski definition) is 0. The Morgan fingerprint density at radius 2 is 1.44 bits per heavy atom. The molecule has 3 heteroatoms. The highest BCUT2D eigenvalue weighted by Crippen LogP contribution is 1.94. The fourth-order valence-electron chi connectivity index (χ4n) is 0.430. The Morgan fingerprint density at radius 3 is 1.67 bits per heavy atom. The van der Waals surface area contributed by atoms with Crippen molar-refractivity contribution in [2.75, 3.05) is 13.1 Å². The van der Waals surface area contributed by atoms with Gasteiger partial charge in [-0.3, -0.25) is 0 Å². The van der Waals surface area contributed by atoms with E-state index in [-0.39, 0.29) is 10.8 Å². The molecule has 0 aromatic heterocycles. The Balaban J connectivity index is 2.91. The van der Waals surface area contributed by atoms with Gasteiger partial charge in [0, 0.05) is 23.8 Å². The van der Waals surface area contributed by atoms with Crippen molar-refractivity contribution in [3.63, 3.8) is 0 Å². The van der Waals surface area contributed by atoms with Crippen LogP contribution in [0.25, 0.3) is 0 Å². The summed E-state index contributed by atoms with van der Waals surface area (Å²) in [7, 11) is 0. The van der Waals surface area contributed by atoms with Crippen LogP contribution in [0.2, 0.25) is 0 Å². The van der Waals surface area contributed by atoms with E-state index in [4.69, 9.17) is 23.2 Å². The standard InChI is InChI=1S/C6H12Cl2N/c1-5(7)3-9-4-6(2)8/h5-6H,3-4H2,1-2H3. The molecule has 0 bridgehead atoms. The average molecular weight is 169 g/mol. The molecule has 0 aliphatic carbocycles. The van der Waals surface area contributed by atoms with Gasteiger partial charge in [-0.25, -0.2) is 5.32 Å². The minimum atomic E-state index is 0.139. The molecule has 0 aliphatic heterocycles. The van der Waals surface area contributed by atoms with E-state index in [9.17, 15) is 0 Å². The van der Waals surface area contributed by atoms with Gasteiger partial charge in [-0.05, 0) is 13.8 Å². The lowest BCUT2D eigenvalue weighted by molar-refractivity contribution is 0.656. The third kappa shape index (κ3) is 8.54. The monoisotopic (exact) mass is 168 g/mol. The topological polar surface area (TPSA) is 14.1 Å². The number of rotatable bonds is 4. The molecule has 0 spiro atoms. The Morgan fingerprint density at radius 1 is 1.11 bits per heavy atom. The highest BCUT2D eigenvalue weighted by Gasteiger charge is 1.98. The molecular formula is C6H12Cl2N. The van der Waals surface area contributed by atoms with Crippen molar-refractivity contribution in [2.45, 2.75) is 24.6 Å². The smallest absolute Gasteiger partial charge is 0.0449 e. The van der Waals surface area contributed by atoms with Crippen molar-refractivity contribution in [2.24, 2.45) is 0 Å². The number of halogens is 2. The molecule has 55 valence electrons. The summed E-state index contributed by atoms with van der Waals surface area (Å²) in [5, 5.41) is 4.39. The van der Waals surface area contributed by atoms with Gasteiger partial charge in [-0.15, -0.1) is 23.2 Å². The van der Waals surface area contributed by atoms with Crippen LogP contribution in [0.15, 0.2) is 0 Å². The van der Waals surface area contributed by atoms with Gasteiger partial charge in [0.1, 0.15) is 0 Å². The van der Waals surface area contributed by atoms with Crippen molar-refractivity contribution in [1.82, 2.24) is 5.32 Å². The number of hydrogen-bond acceptors (Lipinski definition) is 0. The zero-order chi connectivity index (χ0) is 7.28. The molecule has 0 aromatic rings. The maximum absolute atomic E-state index is 5.62. The van der Waals surface area contributed by atoms with Crippen LogP contribution in [-0.2, 0) is 0 Å². The van der Waals surface area contributed by atoms with Gasteiger partial charge in [0.25, 0.3) is 0 Å². The van der Waals surface area contributed by atoms with Gasteiger partial charge < -0.3 is 0 Å². The molecule has 0 aromatic carbocycles. The van der Waals surface area contributed by atoms with Crippen LogP contribution in [0.5, 0.6) is 0 Å². The summed E-state index contributed by atoms with van der Waals surface area (Å²) < 4.78 is 0. The SMILES string of the molecule is CC(Cl)C[N]CC(C)Cl. The van der Waals surface area contributed by atoms with E-state index in [0.717, 1.165) is 0 Å². The lowest BCUT2D eigenvalue weighted by atomic mass is 10.4. The molecule has 0 heterocycles. The highest BCUT2D eigenvalue weighted by molar-refractivity contribution is 6.20. The predicted octanol–water partition coefficient (Wildman–Crippen LogP) is 1.85. The molecule has 0 amide bonds. The van der Waals surface area contributed by atoms with E-state index in [1.165, 1.54) is 0 Å². The van der Waals surface area contributed by atoms with Crippen LogP contribution in [0.3, 0.4) is 0 Å². The molecule has 1 radical (unpaired) electrons. The predicted molar refractivity (Wildman–Crippen MR) is 42.5 cm³/mol. The van der Waals surface area contributed by atoms with Gasteiger partial charge in [0.05, 0.1) is 0 Å². The molecule has 0 rings (SSSR count). The van der Waals surface area contributed by atoms with Gasteiger partial charge in [0.15, 0.2) is 0 Å². The molecule has 0 N–H and O–H groups in total. The van der Waals surface area contributed by atoms with E-state index in [1.807, 2.05) is 13.8 Å². The van der Waals surface area contributed by atoms with Gasteiger partial charge >= 0.3 is 0 Å². The third-order valence-corrected chi connectivity index (χ3v) is 1.04. The van der Waals surface area contributed by atoms with Gasteiger partial charge in [-0.2, -0.15) is 0 Å². The van der Waals surface area contributed by atoms with E-state index in [1.54, 1.807) is 0 Å². The van der Waals surface area contributed by atoms with E-state index in [2.05, 4.69) is 5.32 Å². The molecule has 0 fully saturated rings. The summed E-state index contributed by atoms with van der Waals surface area (Å²) in [5.74, 6) is 0. The van der Waals surface area contributed by atoms with Gasteiger partial charge in [0.2, 0.25) is 0 Å². The first-order valence-corrected chi connectivity index (χ1v) is 3.91. The van der Waals surface area contributed by atoms with Gasteiger partial charge in [-0.1, -0.05) is 0 Å². The summed E-state index contributed by atoms with van der Waals surface area (Å²) >= 11 is 11.2. The first kappa shape index (κ1) is 9.54. The third-order valence-electron chi connectivity index (χ3n) is 0.761. The molecule has 0 saturated heterocycles. The Bertz CT molecular complexity index is 56.1. The first-order chi connectivity index (χ1) is 4.13. The molecule has 2 atom stereocenters. The summed E-state index contributed by atoms with van der Waals surface area (Å²) in [4.78, 5) is 0. The molecule has 1 nitrogen and oxygen atoms in total. The summed E-state index contributed by atoms with van der Waals surface area (Å²) in [5.41, 5.74) is 0. The van der Waals surface area contributed by atoms with Crippen molar-refractivity contribution in [1.29, 1.82) is 0 Å². The van der Waals surface area contributed by atoms with Crippen molar-refractivity contribution >= 4 is 23.2 Å². The maximum Gasteiger partial charge on any atom is 0.0449 e. The first-order valence-electron chi connectivity index (χ1n) is 3.04. The highest BCUT2D eigenvalue weighted by atomic mass is 35.5. The normalized spacial score (nSPS) is 17.3. The lowest BCUT2D eigenvalue weighted by Gasteiger charge is -2.03. The zero-order valence-electron chi connectivity index (χ0n) is 5.77. The van der Waals surface area contributed by atoms with Crippen molar-refractivity contribution in [3.05, 3.63) is 0 Å². The minimum absolute atomic E-state index is 0.139. The number of nitrogens with zero attached hydrogens (tertiary/aromatic N) is 1. The number of alkyl halides is 2. The quantitative estimate of drug-likeness (QED) is 0.570. The van der Waals surface area contributed by atoms with Crippen LogP contribution < -0.4 is 5.32 Å². The van der Waals surface area contributed by atoms with E-state index in [0.29, 0.717) is 13.1 Å². The Kier molecular flexibility index (Phi) is 5.65. The molecule has 0 saturated carbocycles. The van der Waals surface area contributed by atoms with Crippen LogP contribution >= 0.6 is 23.2 Å². The second-order valence-electron chi connectivity index (χ2n) is 2.15. The summed E-state index contributed by atoms with van der Waals surface area (Å²) in [6.07, 6.45) is 0. The molecular weight excluding hydrogens is 157 g/mol. The second-order valence-corrected chi connectivity index (χ2v) is 3.64. The zero-order valence-corrected chi connectivity index (χ0v) is 7.28. The Hall–Kier alpha value is 0.540. The van der Waals surface area contributed by atoms with Crippen LogP contribution in [0.4, 0.5) is 0 Å². The largest absolute Gasteiger partial charge is 0.239 e. The maximum atomic E-state index is 5.62. The molecule has 2 unspecified atom stereocenters. The van der Waals surface area contributed by atoms with Crippen LogP contribution in [-0.4, -0.2) is 23.8 Å². The van der Waals surface area contributed by atoms with Crippen LogP contribution in [0, 0.1) is 0 Å². The molecule has 9 heavy (non-hydrogen) atoms. The molecule has 0 aliphatic rings. The van der Waals surface area contributed by atoms with E-state index >= 15 is 0 Å². The van der Waals surface area contributed by atoms with Crippen LogP contribution in [0.1, 0.15) is 13.8 Å². The van der Waals surface area contributed by atoms with E-state index < -0.39 is 0 Å². The lowest BCUT2D eigenvalue weighted by Crippen LogP contribution is -2.19. The minimum Gasteiger partial charge on any atom is -0.239 e. The second kappa shape index (κ2) is 5.33. The fraction of sp³-hybridized carbons (Fsp3) is 1.00. The van der Waals surface area contributed by atoms with Crippen molar-refractivity contribution in [3.8, 4) is 0 Å². The Labute approximate surface area is 66.7 Å². The fourth-order valence-corrected chi connectivity index (χ4v) is 0.626. The summed E-state index contributed by atoms with van der Waals surface area (Å²) in [6, 6.07) is 0. The average Bonchev–Trinajstić information content (AvgIpc) is 1.63.